The minimum Gasteiger partial charge on any atom is -0.388 e. The molecule has 0 aromatic carbocycles. The molecule has 0 bridgehead atoms. The predicted octanol–water partition coefficient (Wildman–Crippen LogP) is -1.69. The average Bonchev–Trinajstić information content (AvgIpc) is 2.29. The minimum atomic E-state index is -0.903. The zero-order valence-electron chi connectivity index (χ0n) is 6.42. The van der Waals surface area contributed by atoms with Crippen LogP contribution in [0, 0.1) is 0 Å². The normalized spacial score (nSPS) is 41.9. The Labute approximate surface area is 74.2 Å². The smallest absolute Gasteiger partial charge is 0.135 e. The first-order chi connectivity index (χ1) is 5.70. The highest BCUT2D eigenvalue weighted by molar-refractivity contribution is 7.09. The first kappa shape index (κ1) is 10.4. The summed E-state index contributed by atoms with van der Waals surface area (Å²) >= 11 is 0. The van der Waals surface area contributed by atoms with Crippen molar-refractivity contribution in [3.63, 3.8) is 0 Å². The number of aliphatic hydroxyl groups is 1. The monoisotopic (exact) mass is 191 g/mol. The van der Waals surface area contributed by atoms with Crippen LogP contribution in [0.1, 0.15) is 0 Å². The lowest BCUT2D eigenvalue weighted by Gasteiger charge is -2.16. The van der Waals surface area contributed by atoms with E-state index < -0.39 is 24.3 Å². The van der Waals surface area contributed by atoms with Crippen molar-refractivity contribution >= 4 is 17.3 Å². The maximum absolute atomic E-state index is 9.34. The number of hydrogen-bond donors (Lipinski definition) is 2. The SMILES string of the molecule is [B][C@@H]1O[C@H](COP)C(ON)C1O. The first-order valence-electron chi connectivity index (χ1n) is 3.47. The quantitative estimate of drug-likeness (QED) is 0.316. The molecule has 2 radical (unpaired) electrons. The van der Waals surface area contributed by atoms with Gasteiger partial charge in [0.25, 0.3) is 0 Å². The van der Waals surface area contributed by atoms with Gasteiger partial charge >= 0.3 is 0 Å². The Bertz CT molecular complexity index is 151. The molecule has 1 aliphatic rings. The Morgan fingerprint density at radius 3 is 2.83 bits per heavy atom. The fourth-order valence-corrected chi connectivity index (χ4v) is 1.35. The first-order valence-corrected chi connectivity index (χ1v) is 3.94. The van der Waals surface area contributed by atoms with Crippen molar-refractivity contribution in [1.82, 2.24) is 0 Å². The maximum atomic E-state index is 9.34. The number of aliphatic hydroxyl groups excluding tert-OH is 1. The molecule has 1 saturated heterocycles. The van der Waals surface area contributed by atoms with Gasteiger partial charge in [0.15, 0.2) is 0 Å². The van der Waals surface area contributed by atoms with Crippen LogP contribution in [0.3, 0.4) is 0 Å². The topological polar surface area (TPSA) is 73.9 Å². The Hall–Kier alpha value is 0.295. The van der Waals surface area contributed by atoms with E-state index in [2.05, 4.69) is 14.3 Å². The highest BCUT2D eigenvalue weighted by Crippen LogP contribution is 2.21. The molecule has 7 heteroatoms. The largest absolute Gasteiger partial charge is 0.388 e. The van der Waals surface area contributed by atoms with Gasteiger partial charge in [0.05, 0.1) is 6.61 Å². The standard InChI is InChI=1S/C5H11BNO4P/c6-5-3(8)4(11-7)2(10-5)1-9-12/h2-5,8H,1,7,12H2/t2-,3?,4?,5-/m1/s1. The van der Waals surface area contributed by atoms with Crippen LogP contribution in [0.15, 0.2) is 0 Å². The van der Waals surface area contributed by atoms with Crippen LogP contribution in [0.5, 0.6) is 0 Å². The van der Waals surface area contributed by atoms with Crippen molar-refractivity contribution in [3.05, 3.63) is 0 Å². The minimum absolute atomic E-state index is 0.261. The molecule has 1 fully saturated rings. The van der Waals surface area contributed by atoms with Crippen molar-refractivity contribution in [2.75, 3.05) is 6.61 Å². The van der Waals surface area contributed by atoms with E-state index >= 15 is 0 Å². The van der Waals surface area contributed by atoms with E-state index in [0.717, 1.165) is 0 Å². The highest BCUT2D eigenvalue weighted by Gasteiger charge is 2.41. The lowest BCUT2D eigenvalue weighted by Crippen LogP contribution is -2.38. The van der Waals surface area contributed by atoms with E-state index in [1.54, 1.807) is 0 Å². The van der Waals surface area contributed by atoms with Gasteiger partial charge in [-0.05, 0) is 0 Å². The van der Waals surface area contributed by atoms with E-state index in [1.165, 1.54) is 0 Å². The second-order valence-corrected chi connectivity index (χ2v) is 2.90. The number of rotatable bonds is 3. The van der Waals surface area contributed by atoms with E-state index in [1.807, 2.05) is 0 Å². The highest BCUT2D eigenvalue weighted by atomic mass is 31.0. The van der Waals surface area contributed by atoms with Gasteiger partial charge in [-0.15, -0.1) is 0 Å². The molecule has 0 saturated carbocycles. The summed E-state index contributed by atoms with van der Waals surface area (Å²) in [5.41, 5.74) is 0. The van der Waals surface area contributed by atoms with Crippen LogP contribution in [0.4, 0.5) is 0 Å². The van der Waals surface area contributed by atoms with E-state index in [9.17, 15) is 5.11 Å². The second-order valence-electron chi connectivity index (χ2n) is 2.56. The third kappa shape index (κ3) is 1.96. The van der Waals surface area contributed by atoms with Crippen molar-refractivity contribution in [3.8, 4) is 0 Å². The van der Waals surface area contributed by atoms with E-state index in [4.69, 9.17) is 23.0 Å². The Morgan fingerprint density at radius 2 is 2.33 bits per heavy atom. The summed E-state index contributed by atoms with van der Waals surface area (Å²) in [5, 5.41) is 9.34. The van der Waals surface area contributed by atoms with E-state index in [0.29, 0.717) is 0 Å². The van der Waals surface area contributed by atoms with Gasteiger partial charge in [-0.1, -0.05) is 0 Å². The van der Waals surface area contributed by atoms with Gasteiger partial charge in [-0.3, -0.25) is 4.84 Å². The Morgan fingerprint density at radius 1 is 1.67 bits per heavy atom. The van der Waals surface area contributed by atoms with Crippen molar-refractivity contribution in [1.29, 1.82) is 0 Å². The molecule has 5 nitrogen and oxygen atoms in total. The molecule has 5 atom stereocenters. The van der Waals surface area contributed by atoms with Crippen LogP contribution in [-0.2, 0) is 14.1 Å². The van der Waals surface area contributed by atoms with Gasteiger partial charge in [-0.2, -0.15) is 0 Å². The molecular formula is C5H11BNO4P. The summed E-state index contributed by atoms with van der Waals surface area (Å²) in [4.78, 5) is 4.51. The molecule has 1 aliphatic heterocycles. The van der Waals surface area contributed by atoms with Crippen LogP contribution in [0.2, 0.25) is 0 Å². The fraction of sp³-hybridized carbons (Fsp3) is 1.00. The van der Waals surface area contributed by atoms with Gasteiger partial charge in [0.1, 0.15) is 26.2 Å². The summed E-state index contributed by atoms with van der Waals surface area (Å²) in [7, 11) is 7.47. The summed E-state index contributed by atoms with van der Waals surface area (Å²) in [6.45, 7) is 0.261. The van der Waals surface area contributed by atoms with Gasteiger partial charge in [0, 0.05) is 15.5 Å². The van der Waals surface area contributed by atoms with Crippen LogP contribution in [-0.4, -0.2) is 43.9 Å². The van der Waals surface area contributed by atoms with Crippen molar-refractivity contribution in [2.45, 2.75) is 24.3 Å². The molecule has 0 aliphatic carbocycles. The third-order valence-electron chi connectivity index (χ3n) is 1.79. The maximum Gasteiger partial charge on any atom is 0.135 e. The molecule has 0 amide bonds. The molecule has 12 heavy (non-hydrogen) atoms. The third-order valence-corrected chi connectivity index (χ3v) is 1.98. The molecular weight excluding hydrogens is 180 g/mol. The Balaban J connectivity index is 2.52. The molecule has 0 aromatic heterocycles. The molecule has 68 valence electrons. The zero-order chi connectivity index (χ0) is 9.14. The zero-order valence-corrected chi connectivity index (χ0v) is 7.58. The second kappa shape index (κ2) is 4.51. The van der Waals surface area contributed by atoms with Crippen LogP contribution >= 0.6 is 9.47 Å². The summed E-state index contributed by atoms with van der Waals surface area (Å²) in [5.74, 6) is 4.95. The van der Waals surface area contributed by atoms with Gasteiger partial charge < -0.3 is 14.4 Å². The number of nitrogens with two attached hydrogens (primary N) is 1. The molecule has 3 unspecified atom stereocenters. The Kier molecular flexibility index (Phi) is 3.90. The van der Waals surface area contributed by atoms with E-state index in [-0.39, 0.29) is 6.61 Å². The summed E-state index contributed by atoms with van der Waals surface area (Å²) in [6.07, 6.45) is -1.95. The lowest BCUT2D eigenvalue weighted by molar-refractivity contribution is -0.0495. The van der Waals surface area contributed by atoms with Gasteiger partial charge in [0.2, 0.25) is 0 Å². The van der Waals surface area contributed by atoms with Gasteiger partial charge in [-0.25, -0.2) is 5.90 Å². The van der Waals surface area contributed by atoms with Crippen molar-refractivity contribution in [2.24, 2.45) is 5.90 Å². The van der Waals surface area contributed by atoms with Crippen LogP contribution < -0.4 is 5.90 Å². The molecule has 0 aromatic rings. The average molecular weight is 191 g/mol. The molecule has 1 rings (SSSR count). The molecule has 3 N–H and O–H groups in total. The van der Waals surface area contributed by atoms with Crippen LogP contribution in [0.25, 0.3) is 0 Å². The number of hydrogen-bond acceptors (Lipinski definition) is 5. The summed E-state index contributed by atoms with van der Waals surface area (Å²) in [6, 6.07) is -0.760. The number of ether oxygens (including phenoxy) is 1. The summed E-state index contributed by atoms with van der Waals surface area (Å²) < 4.78 is 9.85. The predicted molar refractivity (Wildman–Crippen MR) is 45.1 cm³/mol. The molecule has 1 heterocycles. The fourth-order valence-electron chi connectivity index (χ4n) is 1.16. The lowest BCUT2D eigenvalue weighted by atomic mass is 9.93. The molecule has 0 spiro atoms. The van der Waals surface area contributed by atoms with Crippen molar-refractivity contribution < 1.29 is 19.2 Å².